The Morgan fingerprint density at radius 3 is 2.31 bits per heavy atom. The first-order chi connectivity index (χ1) is 16.5. The van der Waals surface area contributed by atoms with E-state index in [1.807, 2.05) is 0 Å². The van der Waals surface area contributed by atoms with E-state index in [9.17, 15) is 31.1 Å². The van der Waals surface area contributed by atoms with E-state index >= 15 is 0 Å². The zero-order chi connectivity index (χ0) is 25.2. The molecule has 1 aliphatic carbocycles. The number of benzene rings is 1. The summed E-state index contributed by atoms with van der Waals surface area (Å²) in [6.07, 6.45) is -9.31. The summed E-state index contributed by atoms with van der Waals surface area (Å²) in [5.41, 5.74) is -0.816. The van der Waals surface area contributed by atoms with Crippen LogP contribution in [-0.4, -0.2) is 47.8 Å². The summed E-state index contributed by atoms with van der Waals surface area (Å²) >= 11 is 0. The van der Waals surface area contributed by atoms with Crippen LogP contribution in [0.25, 0.3) is 0 Å². The third-order valence-corrected chi connectivity index (χ3v) is 5.67. The van der Waals surface area contributed by atoms with Gasteiger partial charge in [0.1, 0.15) is 11.9 Å². The lowest BCUT2D eigenvalue weighted by Crippen LogP contribution is -2.43. The van der Waals surface area contributed by atoms with E-state index in [4.69, 9.17) is 13.9 Å². The van der Waals surface area contributed by atoms with E-state index in [-0.39, 0.29) is 55.5 Å². The van der Waals surface area contributed by atoms with Gasteiger partial charge in [-0.25, -0.2) is 0 Å². The van der Waals surface area contributed by atoms with Crippen LogP contribution in [0.3, 0.4) is 0 Å². The van der Waals surface area contributed by atoms with E-state index in [0.29, 0.717) is 12.8 Å². The lowest BCUT2D eigenvalue weighted by molar-refractivity contribution is -0.352. The van der Waals surface area contributed by atoms with Crippen LogP contribution in [0.5, 0.6) is 5.75 Å². The molecule has 1 amide bonds. The Morgan fingerprint density at radius 2 is 1.71 bits per heavy atom. The Labute approximate surface area is 194 Å². The van der Waals surface area contributed by atoms with Crippen molar-refractivity contribution in [2.45, 2.75) is 62.4 Å². The molecule has 1 aromatic carbocycles. The molecule has 4 rings (SSSR count). The highest BCUT2D eigenvalue weighted by Crippen LogP contribution is 2.41. The normalized spacial score (nSPS) is 25.1. The van der Waals surface area contributed by atoms with Crippen LogP contribution in [0, 0.1) is 0 Å². The first-order valence-electron chi connectivity index (χ1n) is 10.7. The van der Waals surface area contributed by atoms with Crippen LogP contribution in [-0.2, 0) is 20.4 Å². The maximum atomic E-state index is 12.6. The summed E-state index contributed by atoms with van der Waals surface area (Å²) in [6.45, 7) is -0.224. The van der Waals surface area contributed by atoms with Crippen molar-refractivity contribution in [3.8, 4) is 5.75 Å². The number of amides is 1. The van der Waals surface area contributed by atoms with Gasteiger partial charge in [-0.05, 0) is 49.9 Å². The molecule has 1 saturated carbocycles. The molecule has 1 saturated heterocycles. The summed E-state index contributed by atoms with van der Waals surface area (Å²) in [5, 5.41) is 10.6. The van der Waals surface area contributed by atoms with Crippen molar-refractivity contribution < 1.29 is 49.8 Å². The highest BCUT2D eigenvalue weighted by atomic mass is 19.4. The fraction of sp³-hybridized carbons (Fsp3) is 0.571. The molecule has 0 radical (unpaired) electrons. The largest absolute Gasteiger partial charge is 0.522 e. The van der Waals surface area contributed by atoms with E-state index < -0.39 is 36.2 Å². The van der Waals surface area contributed by atoms with Crippen molar-refractivity contribution in [1.82, 2.24) is 15.5 Å². The third kappa shape index (κ3) is 6.84. The van der Waals surface area contributed by atoms with Gasteiger partial charge >= 0.3 is 12.5 Å². The molecule has 35 heavy (non-hydrogen) atoms. The Kier molecular flexibility index (Phi) is 7.22. The molecule has 1 aliphatic heterocycles. The molecular weight excluding hydrogens is 488 g/mol. The molecule has 2 fully saturated rings. The summed E-state index contributed by atoms with van der Waals surface area (Å²) < 4.78 is 94.9. The van der Waals surface area contributed by atoms with Gasteiger partial charge in [-0.1, -0.05) is 0 Å². The summed E-state index contributed by atoms with van der Waals surface area (Å²) in [5.74, 6) is -0.179. The number of carbonyl (C=O) groups is 1. The van der Waals surface area contributed by atoms with Crippen molar-refractivity contribution >= 4 is 5.91 Å². The predicted octanol–water partition coefficient (Wildman–Crippen LogP) is 4.29. The highest BCUT2D eigenvalue weighted by molar-refractivity contribution is 5.77. The minimum Gasteiger partial charge on any atom is -0.484 e. The fourth-order valence-electron chi connectivity index (χ4n) is 3.81. The molecule has 1 N–H and O–H groups in total. The second kappa shape index (κ2) is 10.0. The molecule has 0 spiro atoms. The summed E-state index contributed by atoms with van der Waals surface area (Å²) in [7, 11) is 0. The van der Waals surface area contributed by atoms with Crippen molar-refractivity contribution in [2.24, 2.45) is 0 Å². The van der Waals surface area contributed by atoms with Crippen LogP contribution < -0.4 is 10.1 Å². The van der Waals surface area contributed by atoms with Gasteiger partial charge in [0.25, 0.3) is 5.91 Å². The molecule has 1 aromatic heterocycles. The molecule has 2 aliphatic rings. The summed E-state index contributed by atoms with van der Waals surface area (Å²) in [4.78, 5) is 12.1. The maximum Gasteiger partial charge on any atom is 0.522 e. The maximum absolute atomic E-state index is 12.6. The average molecular weight is 509 g/mol. The zero-order valence-corrected chi connectivity index (χ0v) is 18.1. The second-order valence-corrected chi connectivity index (χ2v) is 8.31. The number of halogens is 6. The van der Waals surface area contributed by atoms with Crippen LogP contribution in [0.15, 0.2) is 28.7 Å². The minimum atomic E-state index is -4.67. The number of hydrogen-bond acceptors (Lipinski definition) is 7. The molecule has 14 heteroatoms. The first kappa shape index (κ1) is 25.2. The van der Waals surface area contributed by atoms with E-state index in [2.05, 4.69) is 20.3 Å². The quantitative estimate of drug-likeness (QED) is 0.557. The number of aromatic nitrogens is 2. The SMILES string of the molecule is O=C(COc1ccc(C(F)(F)F)cc1)N[C@H]1CC[C@H](c2nnc([C@H]3C[C@@H](OC(F)(F)F)C3)o2)OC1. The first-order valence-corrected chi connectivity index (χ1v) is 10.7. The van der Waals surface area contributed by atoms with Crippen LogP contribution in [0.2, 0.25) is 0 Å². The van der Waals surface area contributed by atoms with Gasteiger partial charge in [0.2, 0.25) is 11.8 Å². The van der Waals surface area contributed by atoms with Gasteiger partial charge in [0.15, 0.2) is 6.61 Å². The topological polar surface area (TPSA) is 95.7 Å². The lowest BCUT2D eigenvalue weighted by atomic mass is 9.82. The summed E-state index contributed by atoms with van der Waals surface area (Å²) in [6, 6.07) is 3.69. The molecule has 0 unspecified atom stereocenters. The Hall–Kier alpha value is -2.87. The second-order valence-electron chi connectivity index (χ2n) is 8.31. The number of nitrogens with one attached hydrogen (secondary N) is 1. The Balaban J connectivity index is 1.17. The van der Waals surface area contributed by atoms with Crippen molar-refractivity contribution in [2.75, 3.05) is 13.2 Å². The van der Waals surface area contributed by atoms with Crippen LogP contribution in [0.4, 0.5) is 26.3 Å². The number of carbonyl (C=O) groups excluding carboxylic acids is 1. The van der Waals surface area contributed by atoms with Gasteiger partial charge < -0.3 is 19.2 Å². The smallest absolute Gasteiger partial charge is 0.484 e. The molecule has 8 nitrogen and oxygen atoms in total. The predicted molar refractivity (Wildman–Crippen MR) is 104 cm³/mol. The van der Waals surface area contributed by atoms with Gasteiger partial charge in [-0.15, -0.1) is 23.4 Å². The standard InChI is InChI=1S/C21H21F6N3O5/c22-20(23,24)12-1-4-14(5-2-12)32-10-17(31)28-13-3-6-16(33-9-13)19-30-29-18(34-19)11-7-15(8-11)35-21(25,26)27/h1-2,4-5,11,13,15-16H,3,6-10H2,(H,28,31)/t11-,13-,15+,16+/m0/s1. The molecule has 2 heterocycles. The van der Waals surface area contributed by atoms with E-state index in [0.717, 1.165) is 24.3 Å². The number of ether oxygens (including phenoxy) is 3. The van der Waals surface area contributed by atoms with Crippen LogP contribution >= 0.6 is 0 Å². The zero-order valence-electron chi connectivity index (χ0n) is 18.1. The number of rotatable bonds is 7. The van der Waals surface area contributed by atoms with Gasteiger partial charge in [-0.3, -0.25) is 9.53 Å². The minimum absolute atomic E-state index is 0.128. The van der Waals surface area contributed by atoms with Gasteiger partial charge in [0.05, 0.1) is 24.3 Å². The van der Waals surface area contributed by atoms with Crippen LogP contribution in [0.1, 0.15) is 55.1 Å². The molecule has 2 aromatic rings. The molecule has 2 atom stereocenters. The monoisotopic (exact) mass is 509 g/mol. The van der Waals surface area contributed by atoms with Crippen molar-refractivity contribution in [3.05, 3.63) is 41.6 Å². The highest BCUT2D eigenvalue weighted by Gasteiger charge is 2.43. The van der Waals surface area contributed by atoms with E-state index in [1.165, 1.54) is 0 Å². The molecule has 0 bridgehead atoms. The Morgan fingerprint density at radius 1 is 1.03 bits per heavy atom. The molecule has 192 valence electrons. The van der Waals surface area contributed by atoms with Crippen molar-refractivity contribution in [3.63, 3.8) is 0 Å². The lowest BCUT2D eigenvalue weighted by Gasteiger charge is -2.33. The fourth-order valence-corrected chi connectivity index (χ4v) is 3.81. The average Bonchev–Trinajstić information content (AvgIpc) is 3.24. The van der Waals surface area contributed by atoms with Crippen molar-refractivity contribution in [1.29, 1.82) is 0 Å². The number of alkyl halides is 6. The van der Waals surface area contributed by atoms with Gasteiger partial charge in [-0.2, -0.15) is 13.2 Å². The molecular formula is C21H21F6N3O5. The Bertz CT molecular complexity index is 996. The number of hydrogen-bond donors (Lipinski definition) is 1. The third-order valence-electron chi connectivity index (χ3n) is 5.67. The van der Waals surface area contributed by atoms with Gasteiger partial charge in [0, 0.05) is 5.92 Å². The van der Waals surface area contributed by atoms with E-state index in [1.54, 1.807) is 0 Å². The number of nitrogens with zero attached hydrogens (tertiary/aromatic N) is 2.